The molecule has 3 fully saturated rings. The Labute approximate surface area is 596 Å². The van der Waals surface area contributed by atoms with Crippen LogP contribution < -0.4 is 36.3 Å². The molecule has 4 aromatic heterocycles. The van der Waals surface area contributed by atoms with E-state index in [-0.39, 0.29) is 73.0 Å². The van der Waals surface area contributed by atoms with Gasteiger partial charge in [-0.25, -0.2) is 50.5 Å². The number of nitro groups is 1. The summed E-state index contributed by atoms with van der Waals surface area (Å²) in [6.07, 6.45) is 2.65. The maximum atomic E-state index is 13.9. The number of aromatic nitrogens is 6. The lowest BCUT2D eigenvalue weighted by molar-refractivity contribution is -0.384. The number of nitriles is 1. The number of esters is 4. The Bertz CT molecular complexity index is 3730. The molecule has 36 nitrogen and oxygen atoms in total. The second kappa shape index (κ2) is 38.7. The molecule has 11 N–H and O–H groups in total. The zero-order valence-corrected chi connectivity index (χ0v) is 61.3. The number of ether oxygens (including phenoxy) is 8. The van der Waals surface area contributed by atoms with Crippen LogP contribution in [0.2, 0.25) is 0 Å². The minimum Gasteiger partial charge on any atom is -0.464 e. The van der Waals surface area contributed by atoms with E-state index in [9.17, 15) is 59.0 Å². The van der Waals surface area contributed by atoms with Crippen LogP contribution in [0.3, 0.4) is 0 Å². The Morgan fingerprint density at radius 1 is 0.660 bits per heavy atom. The lowest BCUT2D eigenvalue weighted by Gasteiger charge is -2.27. The number of carbonyl (C=O) groups is 4. The number of nitrogen functional groups attached to an aromatic ring is 2. The normalized spacial score (nSPS) is 21.3. The van der Waals surface area contributed by atoms with Gasteiger partial charge in [0.15, 0.2) is 30.1 Å². The molecule has 38 heteroatoms. The third-order valence-electron chi connectivity index (χ3n) is 17.9. The second-order valence-electron chi connectivity index (χ2n) is 25.1. The summed E-state index contributed by atoms with van der Waals surface area (Å²) in [5.41, 5.74) is 9.84. The van der Waals surface area contributed by atoms with Crippen molar-refractivity contribution in [3.8, 4) is 11.8 Å². The van der Waals surface area contributed by atoms with E-state index in [0.717, 1.165) is 51.4 Å². The number of nitrogens with two attached hydrogens (primary N) is 2. The van der Waals surface area contributed by atoms with E-state index in [4.69, 9.17) is 65.0 Å². The number of aliphatic hydroxyl groups excluding tert-OH is 3. The highest BCUT2D eigenvalue weighted by Gasteiger charge is 2.65. The number of nitrogens with zero attached hydrogens (tertiary/aromatic N) is 9. The van der Waals surface area contributed by atoms with Crippen LogP contribution in [-0.2, 0) is 70.7 Å². The standard InChI is InChI=1S/C28H44N7O9P.C22H36N3O8P.C15H17N5O4/c1-6-18(7-2)14-41-22(36)12-33-45(40,34-13-23(37)42-15-19(8-3)9-4)43-16-28(30-5)26(39)24(38)25(44-28)20-10-11-21-27(29)31-17-32-35(20)21;1-5-17(6-2)15-31-21(26)13-23-34(30,24-14-22(27)32-16-18(7-3)8-4)33-20-11-9-19(10-12-20)25(28)29;1-14(2)22-11-10(23-15(5-16,6-21)12(11)24-14)8-3-4-9-13(17)18-7-19-20(8)9/h10-11,17-19,24-26,38-39H,6-9,12-16H2,1-4H3,(H2,29,31,32)(H2,33,34,40);9-12,17-18H,5-8,13-16H2,1-4H3,(H2,23,24,30);3-4,7,10-12,21H,6H2,1-2H3,(H2,17,18,19)/t24-,25-,26-,28+;;10-,11-,12-,15+/m0.0/s1. The van der Waals surface area contributed by atoms with Crippen LogP contribution in [0, 0.1) is 51.7 Å². The molecule has 0 bridgehead atoms. The number of fused-ring (bicyclic) bond motifs is 3. The largest absolute Gasteiger partial charge is 0.464 e. The van der Waals surface area contributed by atoms with Gasteiger partial charge in [-0.1, -0.05) is 107 Å². The van der Waals surface area contributed by atoms with Gasteiger partial charge >= 0.3 is 44.9 Å². The minimum atomic E-state index is -4.29. The van der Waals surface area contributed by atoms with E-state index in [0.29, 0.717) is 22.5 Å². The third-order valence-corrected chi connectivity index (χ3v) is 21.1. The summed E-state index contributed by atoms with van der Waals surface area (Å²) in [7, 11) is -8.27. The molecule has 0 amide bonds. The molecule has 0 saturated carbocycles. The number of benzene rings is 1. The van der Waals surface area contributed by atoms with Crippen LogP contribution in [-0.4, -0.2) is 181 Å². The number of carbonyl (C=O) groups excluding carboxylic acids is 4. The van der Waals surface area contributed by atoms with Crippen molar-refractivity contribution in [3.05, 3.63) is 94.1 Å². The first-order valence-corrected chi connectivity index (χ1v) is 37.3. The predicted molar refractivity (Wildman–Crippen MR) is 370 cm³/mol. The average Bonchev–Trinajstić information content (AvgIpc) is 1.57. The number of hydrogen-bond acceptors (Lipinski definition) is 28. The van der Waals surface area contributed by atoms with Gasteiger partial charge in [-0.2, -0.15) is 15.5 Å². The van der Waals surface area contributed by atoms with Gasteiger partial charge in [-0.15, -0.1) is 0 Å². The molecule has 3 aliphatic rings. The zero-order chi connectivity index (χ0) is 75.9. The molecule has 5 aromatic rings. The maximum absolute atomic E-state index is 13.9. The number of nitrogens with one attached hydrogen (secondary N) is 4. The first-order chi connectivity index (χ1) is 49.0. The van der Waals surface area contributed by atoms with Crippen LogP contribution in [0.5, 0.6) is 5.75 Å². The summed E-state index contributed by atoms with van der Waals surface area (Å²) in [4.78, 5) is 70.7. The molecule has 0 aliphatic carbocycles. The number of aliphatic hydroxyl groups is 3. The molecule has 8 atom stereocenters. The van der Waals surface area contributed by atoms with Crippen LogP contribution in [0.1, 0.15) is 144 Å². The molecule has 1 aromatic carbocycles. The number of rotatable bonds is 37. The van der Waals surface area contributed by atoms with E-state index >= 15 is 0 Å². The van der Waals surface area contributed by atoms with Crippen molar-refractivity contribution in [1.82, 2.24) is 49.5 Å². The van der Waals surface area contributed by atoms with Crippen molar-refractivity contribution in [2.24, 2.45) is 23.7 Å². The van der Waals surface area contributed by atoms with Crippen molar-refractivity contribution in [1.29, 1.82) is 5.26 Å². The van der Waals surface area contributed by atoms with E-state index in [1.54, 1.807) is 42.6 Å². The highest BCUT2D eigenvalue weighted by molar-refractivity contribution is 7.55. The third kappa shape index (κ3) is 22.3. The summed E-state index contributed by atoms with van der Waals surface area (Å²) in [5, 5.41) is 70.3. The highest BCUT2D eigenvalue weighted by Crippen LogP contribution is 2.50. The van der Waals surface area contributed by atoms with Crippen molar-refractivity contribution < 1.29 is 95.5 Å². The van der Waals surface area contributed by atoms with E-state index in [1.165, 1.54) is 41.4 Å². The van der Waals surface area contributed by atoms with Crippen molar-refractivity contribution >= 4 is 67.6 Å². The minimum absolute atomic E-state index is 0.0460. The first kappa shape index (κ1) is 84.0. The summed E-state index contributed by atoms with van der Waals surface area (Å²) in [5.74, 6) is -2.21. The Hall–Kier alpha value is -7.90. The lowest BCUT2D eigenvalue weighted by atomic mass is 9.96. The van der Waals surface area contributed by atoms with Gasteiger partial charge < -0.3 is 64.5 Å². The Morgan fingerprint density at radius 3 is 1.45 bits per heavy atom. The number of nitro benzene ring substituents is 1. The molecule has 3 aliphatic heterocycles. The molecule has 0 radical (unpaired) electrons. The SMILES string of the molecule is CC1(C)O[C@H]2[C@H](c3ccc4c(N)ncnn34)O[C@](C#N)(CO)[C@H]2O1.CCC(CC)COC(=O)CNP(=O)(NCC(=O)OCC(CC)CC)Oc1ccc([N+](=O)[O-])cc1.[C-]#[N+][C@]1(COP(=O)(NCC(=O)OCC(CC)CC)NCC(=O)OCC(CC)CC)O[C@@H](c2ccc3c(N)ncnn23)[C@H](O)[C@@H]1O. The number of non-ortho nitro benzene ring substituents is 1. The van der Waals surface area contributed by atoms with Gasteiger partial charge in [-0.05, 0) is 73.9 Å². The first-order valence-electron chi connectivity index (χ1n) is 34.1. The summed E-state index contributed by atoms with van der Waals surface area (Å²) < 4.78 is 85.8. The van der Waals surface area contributed by atoms with Gasteiger partial charge in [0.2, 0.25) is 5.60 Å². The van der Waals surface area contributed by atoms with Gasteiger partial charge in [-0.3, -0.25) is 48.0 Å². The fraction of sp³-hybridized carbons (Fsp3) is 0.631. The maximum Gasteiger partial charge on any atom is 0.391 e. The highest BCUT2D eigenvalue weighted by atomic mass is 31.2. The molecule has 7 heterocycles. The fourth-order valence-electron chi connectivity index (χ4n) is 10.9. The summed E-state index contributed by atoms with van der Waals surface area (Å²) in [6.45, 7) is 24.8. The number of anilines is 2. The molecule has 8 rings (SSSR count). The second-order valence-corrected chi connectivity index (χ2v) is 29.0. The van der Waals surface area contributed by atoms with E-state index in [1.807, 2.05) is 61.5 Å². The Balaban J connectivity index is 0.000000254. The van der Waals surface area contributed by atoms with Gasteiger partial charge in [0.05, 0.1) is 49.3 Å². The van der Waals surface area contributed by atoms with Crippen molar-refractivity contribution in [2.75, 3.05) is 77.3 Å². The van der Waals surface area contributed by atoms with Crippen molar-refractivity contribution in [3.63, 3.8) is 0 Å². The van der Waals surface area contributed by atoms with E-state index in [2.05, 4.69) is 45.4 Å². The molecule has 3 saturated heterocycles. The summed E-state index contributed by atoms with van der Waals surface area (Å²) >= 11 is 0. The fourth-order valence-corrected chi connectivity index (χ4v) is 13.6. The molecule has 568 valence electrons. The predicted octanol–water partition coefficient (Wildman–Crippen LogP) is 6.36. The molecule has 103 heavy (non-hydrogen) atoms. The molecule has 0 spiro atoms. The van der Waals surface area contributed by atoms with Crippen LogP contribution in [0.15, 0.2) is 61.2 Å². The van der Waals surface area contributed by atoms with Crippen LogP contribution >= 0.6 is 15.3 Å². The zero-order valence-electron chi connectivity index (χ0n) is 59.5. The molecule has 0 unspecified atom stereocenters. The monoisotopic (exact) mass is 1490 g/mol. The molecular formula is C65H97N15O21P2. The topological polar surface area (TPSA) is 487 Å². The Kier molecular flexibility index (Phi) is 31.6. The summed E-state index contributed by atoms with van der Waals surface area (Å²) in [6, 6.07) is 13.7. The Morgan fingerprint density at radius 2 is 1.07 bits per heavy atom. The van der Waals surface area contributed by atoms with Gasteiger partial charge in [0.25, 0.3) is 5.69 Å². The lowest BCUT2D eigenvalue weighted by Crippen LogP contribution is -2.45. The number of hydrogen-bond donors (Lipinski definition) is 9. The average molecular weight is 1490 g/mol. The van der Waals surface area contributed by atoms with Crippen LogP contribution in [0.4, 0.5) is 17.3 Å². The van der Waals surface area contributed by atoms with Crippen LogP contribution in [0.25, 0.3) is 15.9 Å². The smallest absolute Gasteiger partial charge is 0.391 e. The van der Waals surface area contributed by atoms with E-state index < -0.39 is 137 Å². The van der Waals surface area contributed by atoms with Gasteiger partial charge in [0, 0.05) is 12.1 Å². The van der Waals surface area contributed by atoms with Gasteiger partial charge in [0.1, 0.15) is 92.2 Å². The molecular weight excluding hydrogens is 1390 g/mol. The van der Waals surface area contributed by atoms with Crippen molar-refractivity contribution in [2.45, 2.75) is 174 Å². The quantitative estimate of drug-likeness (QED) is 0.00521.